The van der Waals surface area contributed by atoms with Crippen molar-refractivity contribution in [2.75, 3.05) is 33.2 Å². The summed E-state index contributed by atoms with van der Waals surface area (Å²) in [5.41, 5.74) is 6.65. The molecule has 7 heteroatoms. The number of nitrogens with zero attached hydrogens (tertiary/aromatic N) is 3. The van der Waals surface area contributed by atoms with Crippen LogP contribution >= 0.6 is 0 Å². The van der Waals surface area contributed by atoms with E-state index in [0.29, 0.717) is 30.6 Å². The van der Waals surface area contributed by atoms with Crippen molar-refractivity contribution in [3.8, 4) is 0 Å². The van der Waals surface area contributed by atoms with Gasteiger partial charge in [-0.2, -0.15) is 4.31 Å². The third kappa shape index (κ3) is 2.50. The van der Waals surface area contributed by atoms with Crippen LogP contribution in [0.3, 0.4) is 0 Å². The number of piperazine rings is 1. The zero-order chi connectivity index (χ0) is 14.3. The van der Waals surface area contributed by atoms with Gasteiger partial charge in [-0.3, -0.25) is 0 Å². The molecule has 2 fully saturated rings. The third-order valence-corrected chi connectivity index (χ3v) is 6.02. The first-order chi connectivity index (χ1) is 9.52. The Bertz CT molecular complexity index is 584. The van der Waals surface area contributed by atoms with Crippen LogP contribution in [0.25, 0.3) is 0 Å². The Hall–Kier alpha value is -0.890. The van der Waals surface area contributed by atoms with Gasteiger partial charge in [-0.05, 0) is 26.0 Å². The maximum atomic E-state index is 12.7. The molecule has 1 aromatic heterocycles. The van der Waals surface area contributed by atoms with Crippen LogP contribution < -0.4 is 5.73 Å². The van der Waals surface area contributed by atoms with Crippen LogP contribution in [0.15, 0.2) is 17.2 Å². The molecule has 1 aliphatic heterocycles. The SMILES string of the molecule is CN1CCN(S(=O)(=O)c2cc(CN)n(C3CC3)c2)CC1. The number of likely N-dealkylation sites (N-methyl/N-ethyl adjacent to an activating group) is 1. The molecule has 6 nitrogen and oxygen atoms in total. The fraction of sp³-hybridized carbons (Fsp3) is 0.692. The molecule has 3 rings (SSSR count). The molecule has 0 amide bonds. The van der Waals surface area contributed by atoms with Gasteiger partial charge in [0.25, 0.3) is 0 Å². The van der Waals surface area contributed by atoms with Crippen molar-refractivity contribution in [2.45, 2.75) is 30.3 Å². The Kier molecular flexibility index (Phi) is 3.62. The summed E-state index contributed by atoms with van der Waals surface area (Å²) in [5, 5.41) is 0. The second-order valence-electron chi connectivity index (χ2n) is 5.72. The van der Waals surface area contributed by atoms with Crippen molar-refractivity contribution in [1.82, 2.24) is 13.8 Å². The van der Waals surface area contributed by atoms with E-state index in [-0.39, 0.29) is 0 Å². The van der Waals surface area contributed by atoms with E-state index in [1.165, 1.54) is 0 Å². The Morgan fingerprint density at radius 2 is 1.90 bits per heavy atom. The molecule has 0 bridgehead atoms. The molecule has 112 valence electrons. The monoisotopic (exact) mass is 298 g/mol. The Morgan fingerprint density at radius 1 is 1.25 bits per heavy atom. The van der Waals surface area contributed by atoms with Crippen LogP contribution in [0.1, 0.15) is 24.6 Å². The summed E-state index contributed by atoms with van der Waals surface area (Å²) in [4.78, 5) is 2.54. The molecule has 0 spiro atoms. The molecular weight excluding hydrogens is 276 g/mol. The highest BCUT2D eigenvalue weighted by Gasteiger charge is 2.31. The predicted octanol–water partition coefficient (Wildman–Crippen LogP) is 0.218. The van der Waals surface area contributed by atoms with E-state index in [1.807, 2.05) is 11.6 Å². The number of sulfonamides is 1. The summed E-state index contributed by atoms with van der Waals surface area (Å²) in [7, 11) is -1.36. The van der Waals surface area contributed by atoms with Crippen LogP contribution in [0.2, 0.25) is 0 Å². The second kappa shape index (κ2) is 5.14. The minimum atomic E-state index is -3.37. The Balaban J connectivity index is 1.87. The maximum Gasteiger partial charge on any atom is 0.244 e. The maximum absolute atomic E-state index is 12.7. The Labute approximate surface area is 120 Å². The smallest absolute Gasteiger partial charge is 0.244 e. The largest absolute Gasteiger partial charge is 0.346 e. The first-order valence-electron chi connectivity index (χ1n) is 7.12. The van der Waals surface area contributed by atoms with E-state index in [2.05, 4.69) is 4.90 Å². The molecule has 1 saturated carbocycles. The van der Waals surface area contributed by atoms with Crippen molar-refractivity contribution in [3.63, 3.8) is 0 Å². The van der Waals surface area contributed by atoms with Crippen LogP contribution in [0.4, 0.5) is 0 Å². The lowest BCUT2D eigenvalue weighted by Crippen LogP contribution is -2.46. The molecule has 2 aliphatic rings. The van der Waals surface area contributed by atoms with Gasteiger partial charge in [0.1, 0.15) is 4.90 Å². The van der Waals surface area contributed by atoms with Gasteiger partial charge >= 0.3 is 0 Å². The molecule has 1 aromatic rings. The third-order valence-electron chi connectivity index (χ3n) is 4.16. The van der Waals surface area contributed by atoms with Gasteiger partial charge in [0.2, 0.25) is 10.0 Å². The summed E-state index contributed by atoms with van der Waals surface area (Å²) < 4.78 is 29.0. The first kappa shape index (κ1) is 14.1. The standard InChI is InChI=1S/C13H22N4O2S/c1-15-4-6-16(7-5-15)20(18,19)13-8-12(9-14)17(10-13)11-2-3-11/h8,10-11H,2-7,9,14H2,1H3. The van der Waals surface area contributed by atoms with Gasteiger partial charge < -0.3 is 15.2 Å². The molecule has 1 aliphatic carbocycles. The Morgan fingerprint density at radius 3 is 2.45 bits per heavy atom. The first-order valence-corrected chi connectivity index (χ1v) is 8.56. The average molecular weight is 298 g/mol. The highest BCUT2D eigenvalue weighted by molar-refractivity contribution is 7.89. The summed E-state index contributed by atoms with van der Waals surface area (Å²) in [6, 6.07) is 2.19. The van der Waals surface area contributed by atoms with E-state index < -0.39 is 10.0 Å². The van der Waals surface area contributed by atoms with Gasteiger partial charge in [-0.15, -0.1) is 0 Å². The molecular formula is C13H22N4O2S. The topological polar surface area (TPSA) is 71.6 Å². The molecule has 2 heterocycles. The molecule has 0 atom stereocenters. The summed E-state index contributed by atoms with van der Waals surface area (Å²) >= 11 is 0. The molecule has 20 heavy (non-hydrogen) atoms. The normalized spacial score (nSPS) is 22.3. The van der Waals surface area contributed by atoms with Gasteiger partial charge in [0.15, 0.2) is 0 Å². The highest BCUT2D eigenvalue weighted by atomic mass is 32.2. The van der Waals surface area contributed by atoms with Crippen LogP contribution in [-0.4, -0.2) is 55.4 Å². The summed E-state index contributed by atoms with van der Waals surface area (Å²) in [5.74, 6) is 0. The molecule has 0 radical (unpaired) electrons. The fourth-order valence-corrected chi connectivity index (χ4v) is 4.15. The number of rotatable bonds is 4. The summed E-state index contributed by atoms with van der Waals surface area (Å²) in [6.45, 7) is 3.07. The van der Waals surface area contributed by atoms with Crippen LogP contribution in [0, 0.1) is 0 Å². The minimum absolute atomic E-state index is 0.384. The fourth-order valence-electron chi connectivity index (χ4n) is 2.67. The van der Waals surface area contributed by atoms with E-state index in [4.69, 9.17) is 5.73 Å². The molecule has 0 aromatic carbocycles. The zero-order valence-corrected chi connectivity index (χ0v) is 12.6. The van der Waals surface area contributed by atoms with E-state index >= 15 is 0 Å². The van der Waals surface area contributed by atoms with Crippen molar-refractivity contribution < 1.29 is 8.42 Å². The lowest BCUT2D eigenvalue weighted by atomic mass is 10.4. The van der Waals surface area contributed by atoms with E-state index in [9.17, 15) is 8.42 Å². The highest BCUT2D eigenvalue weighted by Crippen LogP contribution is 2.37. The lowest BCUT2D eigenvalue weighted by molar-refractivity contribution is 0.222. The van der Waals surface area contributed by atoms with E-state index in [0.717, 1.165) is 31.6 Å². The van der Waals surface area contributed by atoms with Gasteiger partial charge in [0, 0.05) is 50.7 Å². The lowest BCUT2D eigenvalue weighted by Gasteiger charge is -2.31. The van der Waals surface area contributed by atoms with Gasteiger partial charge in [0.05, 0.1) is 0 Å². The molecule has 0 unspecified atom stereocenters. The number of nitrogens with two attached hydrogens (primary N) is 1. The number of aromatic nitrogens is 1. The van der Waals surface area contributed by atoms with Crippen molar-refractivity contribution in [2.24, 2.45) is 5.73 Å². The predicted molar refractivity (Wildman–Crippen MR) is 76.9 cm³/mol. The van der Waals surface area contributed by atoms with Gasteiger partial charge in [-0.1, -0.05) is 0 Å². The minimum Gasteiger partial charge on any atom is -0.346 e. The number of hydrogen-bond acceptors (Lipinski definition) is 4. The number of hydrogen-bond donors (Lipinski definition) is 1. The zero-order valence-electron chi connectivity index (χ0n) is 11.8. The van der Waals surface area contributed by atoms with Crippen molar-refractivity contribution >= 4 is 10.0 Å². The molecule has 2 N–H and O–H groups in total. The average Bonchev–Trinajstić information content (AvgIpc) is 3.18. The van der Waals surface area contributed by atoms with Crippen molar-refractivity contribution in [3.05, 3.63) is 18.0 Å². The van der Waals surface area contributed by atoms with E-state index in [1.54, 1.807) is 16.6 Å². The van der Waals surface area contributed by atoms with Crippen LogP contribution in [0.5, 0.6) is 0 Å². The molecule has 1 saturated heterocycles. The summed E-state index contributed by atoms with van der Waals surface area (Å²) in [6.07, 6.45) is 4.01. The second-order valence-corrected chi connectivity index (χ2v) is 7.66. The van der Waals surface area contributed by atoms with Crippen molar-refractivity contribution in [1.29, 1.82) is 0 Å². The van der Waals surface area contributed by atoms with Crippen LogP contribution in [-0.2, 0) is 16.6 Å². The quantitative estimate of drug-likeness (QED) is 0.863. The van der Waals surface area contributed by atoms with Gasteiger partial charge in [-0.25, -0.2) is 8.42 Å².